The summed E-state index contributed by atoms with van der Waals surface area (Å²) in [6.07, 6.45) is 1.44. The molecule has 6 heteroatoms. The number of nitrogen functional groups attached to an aromatic ring is 1. The smallest absolute Gasteiger partial charge is 0.143 e. The van der Waals surface area contributed by atoms with E-state index in [1.807, 2.05) is 20.8 Å². The Kier molecular flexibility index (Phi) is 2.13. The Morgan fingerprint density at radius 1 is 1.22 bits per heavy atom. The Morgan fingerprint density at radius 2 is 2.00 bits per heavy atom. The predicted octanol–water partition coefficient (Wildman–Crippen LogP) is 2.12. The molecule has 0 atom stereocenters. The van der Waals surface area contributed by atoms with Crippen molar-refractivity contribution in [2.45, 2.75) is 20.8 Å². The van der Waals surface area contributed by atoms with Gasteiger partial charge in [-0.15, -0.1) is 0 Å². The van der Waals surface area contributed by atoms with Crippen molar-refractivity contribution in [3.8, 4) is 11.3 Å². The van der Waals surface area contributed by atoms with Crippen LogP contribution >= 0.6 is 0 Å². The molecule has 0 fully saturated rings. The van der Waals surface area contributed by atoms with Crippen LogP contribution in [-0.4, -0.2) is 20.1 Å². The third-order valence-corrected chi connectivity index (χ3v) is 3.20. The molecule has 3 aromatic heterocycles. The van der Waals surface area contributed by atoms with E-state index in [2.05, 4.69) is 20.1 Å². The molecule has 0 aromatic carbocycles. The number of aromatic nitrogens is 4. The first kappa shape index (κ1) is 10.8. The Bertz CT molecular complexity index is 740. The summed E-state index contributed by atoms with van der Waals surface area (Å²) in [5.41, 5.74) is 10.3. The number of nitrogens with two attached hydrogens (primary N) is 1. The summed E-state index contributed by atoms with van der Waals surface area (Å²) in [7, 11) is 0. The largest absolute Gasteiger partial charge is 0.383 e. The maximum atomic E-state index is 5.94. The number of nitrogens with zero attached hydrogens (tertiary/aromatic N) is 3. The first-order valence-electron chi connectivity index (χ1n) is 5.61. The van der Waals surface area contributed by atoms with Crippen LogP contribution in [0.15, 0.2) is 10.9 Å². The fourth-order valence-electron chi connectivity index (χ4n) is 2.11. The number of fused-ring (bicyclic) bond motifs is 1. The summed E-state index contributed by atoms with van der Waals surface area (Å²) in [5.74, 6) is 1.24. The summed E-state index contributed by atoms with van der Waals surface area (Å²) in [6.45, 7) is 5.81. The van der Waals surface area contributed by atoms with E-state index < -0.39 is 0 Å². The molecule has 18 heavy (non-hydrogen) atoms. The van der Waals surface area contributed by atoms with Gasteiger partial charge in [-0.05, 0) is 20.8 Å². The summed E-state index contributed by atoms with van der Waals surface area (Å²) in [6, 6.07) is 0. The van der Waals surface area contributed by atoms with Crippen molar-refractivity contribution in [1.82, 2.24) is 20.1 Å². The van der Waals surface area contributed by atoms with Gasteiger partial charge in [0, 0.05) is 16.8 Å². The summed E-state index contributed by atoms with van der Waals surface area (Å²) in [4.78, 5) is 11.4. The summed E-state index contributed by atoms with van der Waals surface area (Å²) >= 11 is 0. The normalized spacial score (nSPS) is 11.3. The van der Waals surface area contributed by atoms with E-state index in [-0.39, 0.29) is 0 Å². The van der Waals surface area contributed by atoms with Gasteiger partial charge in [-0.2, -0.15) is 0 Å². The Hall–Kier alpha value is -2.37. The van der Waals surface area contributed by atoms with E-state index in [0.29, 0.717) is 5.82 Å². The van der Waals surface area contributed by atoms with Gasteiger partial charge in [0.15, 0.2) is 0 Å². The topological polar surface area (TPSA) is 93.6 Å². The molecule has 0 amide bonds. The highest BCUT2D eigenvalue weighted by molar-refractivity contribution is 6.01. The minimum absolute atomic E-state index is 0.444. The minimum atomic E-state index is 0.444. The van der Waals surface area contributed by atoms with Gasteiger partial charge in [0.1, 0.15) is 29.2 Å². The van der Waals surface area contributed by atoms with Gasteiger partial charge >= 0.3 is 0 Å². The Labute approximate surface area is 103 Å². The second-order valence-corrected chi connectivity index (χ2v) is 4.32. The van der Waals surface area contributed by atoms with E-state index in [1.54, 1.807) is 0 Å². The lowest BCUT2D eigenvalue weighted by molar-refractivity contribution is 0.399. The monoisotopic (exact) mass is 243 g/mol. The number of aryl methyl sites for hydroxylation is 2. The molecule has 92 valence electrons. The highest BCUT2D eigenvalue weighted by Gasteiger charge is 2.20. The van der Waals surface area contributed by atoms with Gasteiger partial charge in [0.05, 0.1) is 5.39 Å². The van der Waals surface area contributed by atoms with Gasteiger partial charge < -0.3 is 15.2 Å². The van der Waals surface area contributed by atoms with Crippen LogP contribution in [0.25, 0.3) is 22.3 Å². The molecule has 0 aliphatic carbocycles. The van der Waals surface area contributed by atoms with Crippen LogP contribution in [0.1, 0.15) is 17.0 Å². The molecule has 0 saturated carbocycles. The zero-order valence-corrected chi connectivity index (χ0v) is 10.4. The predicted molar refractivity (Wildman–Crippen MR) is 68.0 cm³/mol. The molecule has 3 heterocycles. The van der Waals surface area contributed by atoms with Crippen molar-refractivity contribution in [2.24, 2.45) is 0 Å². The Morgan fingerprint density at radius 3 is 2.67 bits per heavy atom. The molecule has 3 N–H and O–H groups in total. The molecule has 0 bridgehead atoms. The third-order valence-electron chi connectivity index (χ3n) is 3.20. The SMILES string of the molecule is Cc1[nH]c2ncnc(N)c2c1-c1noc(C)c1C. The quantitative estimate of drug-likeness (QED) is 0.682. The average molecular weight is 243 g/mol. The van der Waals surface area contributed by atoms with Crippen LogP contribution in [0.4, 0.5) is 5.82 Å². The lowest BCUT2D eigenvalue weighted by Crippen LogP contribution is -1.93. The van der Waals surface area contributed by atoms with Crippen LogP contribution in [0.3, 0.4) is 0 Å². The maximum Gasteiger partial charge on any atom is 0.143 e. The molecule has 0 spiro atoms. The number of aromatic amines is 1. The first-order chi connectivity index (χ1) is 8.59. The van der Waals surface area contributed by atoms with E-state index in [1.165, 1.54) is 6.33 Å². The van der Waals surface area contributed by atoms with Gasteiger partial charge in [-0.1, -0.05) is 5.16 Å². The van der Waals surface area contributed by atoms with Crippen molar-refractivity contribution < 1.29 is 4.52 Å². The number of H-pyrrole nitrogens is 1. The number of rotatable bonds is 1. The second-order valence-electron chi connectivity index (χ2n) is 4.32. The number of nitrogens with one attached hydrogen (secondary N) is 1. The average Bonchev–Trinajstić information content (AvgIpc) is 2.82. The van der Waals surface area contributed by atoms with Crippen molar-refractivity contribution in [3.05, 3.63) is 23.3 Å². The lowest BCUT2D eigenvalue weighted by Gasteiger charge is -1.99. The molecule has 0 radical (unpaired) electrons. The van der Waals surface area contributed by atoms with Crippen LogP contribution in [-0.2, 0) is 0 Å². The van der Waals surface area contributed by atoms with Crippen molar-refractivity contribution >= 4 is 16.9 Å². The summed E-state index contributed by atoms with van der Waals surface area (Å²) < 4.78 is 5.22. The molecular formula is C12H13N5O. The van der Waals surface area contributed by atoms with Crippen LogP contribution in [0.2, 0.25) is 0 Å². The van der Waals surface area contributed by atoms with Gasteiger partial charge in [-0.3, -0.25) is 0 Å². The van der Waals surface area contributed by atoms with Crippen molar-refractivity contribution in [3.63, 3.8) is 0 Å². The standard InChI is InChI=1S/C12H13N5O/c1-5-7(3)18-17-10(5)8-6(2)16-12-9(8)11(13)14-4-15-12/h4H,1-3H3,(H3,13,14,15,16). The molecule has 0 aliphatic rings. The number of hydrogen-bond donors (Lipinski definition) is 2. The fourth-order valence-corrected chi connectivity index (χ4v) is 2.11. The van der Waals surface area contributed by atoms with E-state index in [9.17, 15) is 0 Å². The molecule has 0 unspecified atom stereocenters. The highest BCUT2D eigenvalue weighted by Crippen LogP contribution is 2.35. The van der Waals surface area contributed by atoms with Gasteiger partial charge in [0.25, 0.3) is 0 Å². The molecular weight excluding hydrogens is 230 g/mol. The lowest BCUT2D eigenvalue weighted by atomic mass is 10.1. The molecule has 0 aliphatic heterocycles. The van der Waals surface area contributed by atoms with Crippen LogP contribution in [0.5, 0.6) is 0 Å². The number of hydrogen-bond acceptors (Lipinski definition) is 5. The maximum absolute atomic E-state index is 5.94. The zero-order chi connectivity index (χ0) is 12.9. The molecule has 0 saturated heterocycles. The highest BCUT2D eigenvalue weighted by atomic mass is 16.5. The van der Waals surface area contributed by atoms with Gasteiger partial charge in [-0.25, -0.2) is 9.97 Å². The Balaban J connectivity index is 2.42. The number of anilines is 1. The molecule has 3 aromatic rings. The van der Waals surface area contributed by atoms with Crippen LogP contribution < -0.4 is 5.73 Å². The molecule has 6 nitrogen and oxygen atoms in total. The van der Waals surface area contributed by atoms with E-state index in [0.717, 1.165) is 39.3 Å². The van der Waals surface area contributed by atoms with Crippen molar-refractivity contribution in [1.29, 1.82) is 0 Å². The van der Waals surface area contributed by atoms with E-state index in [4.69, 9.17) is 10.3 Å². The third kappa shape index (κ3) is 1.32. The van der Waals surface area contributed by atoms with Crippen LogP contribution in [0, 0.1) is 20.8 Å². The van der Waals surface area contributed by atoms with E-state index >= 15 is 0 Å². The minimum Gasteiger partial charge on any atom is -0.383 e. The zero-order valence-electron chi connectivity index (χ0n) is 10.4. The van der Waals surface area contributed by atoms with Crippen molar-refractivity contribution in [2.75, 3.05) is 5.73 Å². The van der Waals surface area contributed by atoms with Gasteiger partial charge in [0.2, 0.25) is 0 Å². The second kappa shape index (κ2) is 3.56. The summed E-state index contributed by atoms with van der Waals surface area (Å²) in [5, 5.41) is 4.90. The first-order valence-corrected chi connectivity index (χ1v) is 5.61. The molecule has 3 rings (SSSR count). The fraction of sp³-hybridized carbons (Fsp3) is 0.250.